The van der Waals surface area contributed by atoms with Crippen molar-refractivity contribution >= 4 is 41.8 Å². The summed E-state index contributed by atoms with van der Waals surface area (Å²) >= 11 is 0. The second-order valence-corrected chi connectivity index (χ2v) is 12.0. The number of nitrogen functional groups attached to an aromatic ring is 1. The number of anilines is 3. The van der Waals surface area contributed by atoms with Crippen molar-refractivity contribution in [3.05, 3.63) is 36.3 Å². The third-order valence-electron chi connectivity index (χ3n) is 7.19. The van der Waals surface area contributed by atoms with Crippen molar-refractivity contribution in [1.29, 1.82) is 0 Å². The second kappa shape index (κ2) is 10.7. The van der Waals surface area contributed by atoms with Gasteiger partial charge in [0.1, 0.15) is 5.60 Å². The van der Waals surface area contributed by atoms with Gasteiger partial charge >= 0.3 is 13.2 Å². The van der Waals surface area contributed by atoms with Gasteiger partial charge in [-0.3, -0.25) is 9.78 Å². The van der Waals surface area contributed by atoms with Gasteiger partial charge in [-0.05, 0) is 79.5 Å². The predicted molar refractivity (Wildman–Crippen MR) is 151 cm³/mol. The van der Waals surface area contributed by atoms with Crippen LogP contribution in [0, 0.1) is 0 Å². The Bertz CT molecular complexity index is 1220. The Morgan fingerprint density at radius 3 is 2.51 bits per heavy atom. The Hall–Kier alpha value is -3.38. The molecule has 0 saturated carbocycles. The third-order valence-corrected chi connectivity index (χ3v) is 7.19. The summed E-state index contributed by atoms with van der Waals surface area (Å²) in [6, 6.07) is 5.07. The summed E-state index contributed by atoms with van der Waals surface area (Å²) in [5.41, 5.74) is 6.57. The van der Waals surface area contributed by atoms with Gasteiger partial charge in [0.05, 0.1) is 40.1 Å². The molecule has 2 aromatic rings. The SMILES string of the molecule is CC(C)(C)OC(=O)N[C@H]1CCCN(c2ccncc2NC(=O)c2nc(B3OC(C)(C)C(C)(C)O3)ccc2N)C1. The average Bonchev–Trinajstić information content (AvgIpc) is 3.05. The number of alkyl carbamates (subject to hydrolysis) is 1. The van der Waals surface area contributed by atoms with E-state index in [1.165, 1.54) is 0 Å². The lowest BCUT2D eigenvalue weighted by molar-refractivity contribution is 0.00578. The quantitative estimate of drug-likeness (QED) is 0.490. The van der Waals surface area contributed by atoms with Crippen molar-refractivity contribution in [2.24, 2.45) is 0 Å². The van der Waals surface area contributed by atoms with Crippen molar-refractivity contribution in [1.82, 2.24) is 15.3 Å². The highest BCUT2D eigenvalue weighted by molar-refractivity contribution is 6.61. The Kier molecular flexibility index (Phi) is 7.82. The number of piperidine rings is 1. The van der Waals surface area contributed by atoms with Crippen molar-refractivity contribution < 1.29 is 23.6 Å². The zero-order valence-corrected chi connectivity index (χ0v) is 23.8. The first-order valence-electron chi connectivity index (χ1n) is 13.3. The fourth-order valence-corrected chi connectivity index (χ4v) is 4.49. The first kappa shape index (κ1) is 28.6. The number of ether oxygens (including phenoxy) is 1. The van der Waals surface area contributed by atoms with Gasteiger partial charge in [0.15, 0.2) is 5.69 Å². The highest BCUT2D eigenvalue weighted by Gasteiger charge is 2.52. The number of nitrogens with one attached hydrogen (secondary N) is 2. The Balaban J connectivity index is 1.49. The molecule has 2 aliphatic heterocycles. The van der Waals surface area contributed by atoms with Crippen LogP contribution in [0.5, 0.6) is 0 Å². The molecular weight excluding hydrogens is 499 g/mol. The first-order valence-corrected chi connectivity index (χ1v) is 13.3. The van der Waals surface area contributed by atoms with Crippen molar-refractivity contribution in [2.45, 2.75) is 84.2 Å². The number of pyridine rings is 2. The highest BCUT2D eigenvalue weighted by Crippen LogP contribution is 2.36. The minimum Gasteiger partial charge on any atom is -0.444 e. The van der Waals surface area contributed by atoms with Gasteiger partial charge in [-0.15, -0.1) is 0 Å². The highest BCUT2D eigenvalue weighted by atomic mass is 16.7. The summed E-state index contributed by atoms with van der Waals surface area (Å²) in [5, 5.41) is 5.88. The van der Waals surface area contributed by atoms with E-state index < -0.39 is 35.9 Å². The molecular formula is C27H39BN6O5. The number of rotatable bonds is 5. The maximum atomic E-state index is 13.4. The van der Waals surface area contributed by atoms with E-state index in [9.17, 15) is 9.59 Å². The normalized spacial score (nSPS) is 20.4. The van der Waals surface area contributed by atoms with Crippen molar-refractivity contribution in [3.8, 4) is 0 Å². The Morgan fingerprint density at radius 1 is 1.15 bits per heavy atom. The second-order valence-electron chi connectivity index (χ2n) is 12.0. The van der Waals surface area contributed by atoms with Crippen LogP contribution >= 0.6 is 0 Å². The van der Waals surface area contributed by atoms with Crippen LogP contribution in [0.25, 0.3) is 0 Å². The minimum atomic E-state index is -0.723. The number of amides is 2. The maximum Gasteiger partial charge on any atom is 0.514 e. The zero-order chi connectivity index (χ0) is 28.6. The number of nitrogens with zero attached hydrogens (tertiary/aromatic N) is 3. The first-order chi connectivity index (χ1) is 18.1. The van der Waals surface area contributed by atoms with E-state index in [0.717, 1.165) is 25.1 Å². The van der Waals surface area contributed by atoms with Crippen LogP contribution in [0.15, 0.2) is 30.6 Å². The summed E-state index contributed by atoms with van der Waals surface area (Å²) < 4.78 is 17.6. The fourth-order valence-electron chi connectivity index (χ4n) is 4.49. The van der Waals surface area contributed by atoms with Crippen LogP contribution in [0.4, 0.5) is 21.9 Å². The summed E-state index contributed by atoms with van der Waals surface area (Å²) in [6.45, 7) is 14.6. The lowest BCUT2D eigenvalue weighted by atomic mass is 9.84. The van der Waals surface area contributed by atoms with Gasteiger partial charge in [-0.2, -0.15) is 0 Å². The summed E-state index contributed by atoms with van der Waals surface area (Å²) in [5.74, 6) is -0.472. The molecule has 4 N–H and O–H groups in total. The molecule has 4 heterocycles. The standard InChI is InChI=1S/C27H39BN6O5/c1-25(2,3)37-24(36)31-17-9-8-14-34(16-17)20-12-13-30-15-19(20)32-23(35)22-18(29)10-11-21(33-22)28-38-26(4,5)27(6,7)39-28/h10-13,15,17H,8-9,14,16,29H2,1-7H3,(H,31,36)(H,32,35)/t17-/m0/s1. The van der Waals surface area contributed by atoms with E-state index >= 15 is 0 Å². The monoisotopic (exact) mass is 538 g/mol. The molecule has 12 heteroatoms. The van der Waals surface area contributed by atoms with Crippen LogP contribution in [0.1, 0.15) is 71.8 Å². The summed E-state index contributed by atoms with van der Waals surface area (Å²) in [6.07, 6.45) is 4.50. The molecule has 4 rings (SSSR count). The Morgan fingerprint density at radius 2 is 1.85 bits per heavy atom. The molecule has 2 aliphatic rings. The summed E-state index contributed by atoms with van der Waals surface area (Å²) in [7, 11) is -0.723. The molecule has 11 nitrogen and oxygen atoms in total. The average molecular weight is 538 g/mol. The van der Waals surface area contributed by atoms with E-state index in [0.29, 0.717) is 17.8 Å². The number of carbonyl (C=O) groups is 2. The zero-order valence-electron chi connectivity index (χ0n) is 23.8. The molecule has 0 unspecified atom stereocenters. The number of hydrogen-bond donors (Lipinski definition) is 3. The fraction of sp³-hybridized carbons (Fsp3) is 0.556. The molecule has 0 bridgehead atoms. The largest absolute Gasteiger partial charge is 0.514 e. The van der Waals surface area contributed by atoms with E-state index in [4.69, 9.17) is 19.8 Å². The summed E-state index contributed by atoms with van der Waals surface area (Å²) in [4.78, 5) is 36.5. The van der Waals surface area contributed by atoms with Crippen LogP contribution in [-0.2, 0) is 14.0 Å². The molecule has 39 heavy (non-hydrogen) atoms. The van der Waals surface area contributed by atoms with E-state index in [-0.39, 0.29) is 17.4 Å². The van der Waals surface area contributed by atoms with Crippen LogP contribution in [0.3, 0.4) is 0 Å². The molecule has 0 aliphatic carbocycles. The molecule has 210 valence electrons. The molecule has 0 radical (unpaired) electrons. The van der Waals surface area contributed by atoms with E-state index in [1.54, 1.807) is 24.5 Å². The molecule has 2 aromatic heterocycles. The maximum absolute atomic E-state index is 13.4. The molecule has 2 saturated heterocycles. The molecule has 0 spiro atoms. The number of carbonyl (C=O) groups excluding carboxylic acids is 2. The van der Waals surface area contributed by atoms with E-state index in [2.05, 4.69) is 25.5 Å². The van der Waals surface area contributed by atoms with Gasteiger partial charge in [0.2, 0.25) is 0 Å². The van der Waals surface area contributed by atoms with Gasteiger partial charge in [0, 0.05) is 25.3 Å². The molecule has 2 amide bonds. The van der Waals surface area contributed by atoms with Crippen molar-refractivity contribution in [3.63, 3.8) is 0 Å². The van der Waals surface area contributed by atoms with Gasteiger partial charge in [-0.1, -0.05) is 0 Å². The van der Waals surface area contributed by atoms with Crippen LogP contribution < -0.4 is 26.9 Å². The van der Waals surface area contributed by atoms with Gasteiger partial charge in [-0.25, -0.2) is 9.78 Å². The molecule has 1 atom stereocenters. The Labute approximate surface area is 230 Å². The third kappa shape index (κ3) is 6.62. The van der Waals surface area contributed by atoms with Gasteiger partial charge < -0.3 is 35.3 Å². The number of nitrogens with two attached hydrogens (primary N) is 1. The minimum absolute atomic E-state index is 0.0696. The predicted octanol–water partition coefficient (Wildman–Crippen LogP) is 3.10. The van der Waals surface area contributed by atoms with Gasteiger partial charge in [0.25, 0.3) is 5.91 Å². The number of hydrogen-bond acceptors (Lipinski definition) is 9. The number of aromatic nitrogens is 2. The lowest BCUT2D eigenvalue weighted by Gasteiger charge is -2.35. The lowest BCUT2D eigenvalue weighted by Crippen LogP contribution is -2.49. The van der Waals surface area contributed by atoms with Crippen LogP contribution in [-0.4, -0.2) is 65.0 Å². The smallest absolute Gasteiger partial charge is 0.444 e. The van der Waals surface area contributed by atoms with Crippen molar-refractivity contribution in [2.75, 3.05) is 29.0 Å². The topological polar surface area (TPSA) is 141 Å². The van der Waals surface area contributed by atoms with E-state index in [1.807, 2.05) is 54.5 Å². The molecule has 0 aromatic carbocycles. The van der Waals surface area contributed by atoms with Crippen LogP contribution in [0.2, 0.25) is 0 Å². The molecule has 2 fully saturated rings.